The molecule has 1 unspecified atom stereocenters. The zero-order chi connectivity index (χ0) is 19.7. The van der Waals surface area contributed by atoms with E-state index < -0.39 is 0 Å². The van der Waals surface area contributed by atoms with E-state index in [0.29, 0.717) is 31.7 Å². The Hall–Kier alpha value is -1.39. The highest BCUT2D eigenvalue weighted by Crippen LogP contribution is 2.36. The first-order valence-electron chi connectivity index (χ1n) is 10.0. The molecule has 148 valence electrons. The van der Waals surface area contributed by atoms with Crippen LogP contribution in [-0.4, -0.2) is 47.2 Å². The van der Waals surface area contributed by atoms with E-state index in [1.807, 2.05) is 25.7 Å². The van der Waals surface area contributed by atoms with Gasteiger partial charge in [0.1, 0.15) is 0 Å². The molecule has 0 N–H and O–H groups in total. The van der Waals surface area contributed by atoms with Crippen molar-refractivity contribution in [3.05, 3.63) is 0 Å². The van der Waals surface area contributed by atoms with Gasteiger partial charge in [0.2, 0.25) is 17.7 Å². The fraction of sp³-hybridized carbons (Fsp3) is 0.857. The van der Waals surface area contributed by atoms with Crippen molar-refractivity contribution in [2.45, 2.75) is 73.6 Å². The van der Waals surface area contributed by atoms with Gasteiger partial charge in [-0.25, -0.2) is 0 Å². The first-order chi connectivity index (χ1) is 11.9. The van der Waals surface area contributed by atoms with Crippen molar-refractivity contribution >= 4 is 17.7 Å². The van der Waals surface area contributed by atoms with Crippen LogP contribution in [0.2, 0.25) is 0 Å². The highest BCUT2D eigenvalue weighted by atomic mass is 16.2. The van der Waals surface area contributed by atoms with Crippen LogP contribution in [0.5, 0.6) is 0 Å². The minimum atomic E-state index is -0.212. The molecule has 2 aliphatic rings. The zero-order valence-corrected chi connectivity index (χ0v) is 17.4. The van der Waals surface area contributed by atoms with Crippen molar-refractivity contribution in [2.24, 2.45) is 22.7 Å². The van der Waals surface area contributed by atoms with E-state index in [0.717, 1.165) is 25.9 Å². The van der Waals surface area contributed by atoms with E-state index in [9.17, 15) is 14.4 Å². The quantitative estimate of drug-likeness (QED) is 0.554. The monoisotopic (exact) mass is 364 g/mol. The molecule has 0 aromatic carbocycles. The maximum absolute atomic E-state index is 12.5. The molecule has 2 heterocycles. The highest BCUT2D eigenvalue weighted by Gasteiger charge is 2.44. The summed E-state index contributed by atoms with van der Waals surface area (Å²) in [6, 6.07) is 0. The smallest absolute Gasteiger partial charge is 0.233 e. The first-order valence-corrected chi connectivity index (χ1v) is 10.0. The minimum absolute atomic E-state index is 0.0404. The van der Waals surface area contributed by atoms with Crippen LogP contribution in [0.4, 0.5) is 0 Å². The predicted octanol–water partition coefficient (Wildman–Crippen LogP) is 3.47. The molecule has 0 saturated carbocycles. The van der Waals surface area contributed by atoms with Crippen molar-refractivity contribution in [1.29, 1.82) is 0 Å². The van der Waals surface area contributed by atoms with Gasteiger partial charge in [-0.1, -0.05) is 41.5 Å². The van der Waals surface area contributed by atoms with Crippen LogP contribution in [-0.2, 0) is 14.4 Å². The van der Waals surface area contributed by atoms with E-state index in [4.69, 9.17) is 0 Å². The number of imide groups is 1. The Kier molecular flexibility index (Phi) is 6.19. The first kappa shape index (κ1) is 20.9. The SMILES string of the molecule is CC(C)(C)C1CC(=O)N(CCCCC(=O)N2CC[C@@H](C(C)(C)C)C2)C1=O. The van der Waals surface area contributed by atoms with Crippen LogP contribution >= 0.6 is 0 Å². The van der Waals surface area contributed by atoms with Crippen molar-refractivity contribution in [1.82, 2.24) is 9.80 Å². The average molecular weight is 365 g/mol. The van der Waals surface area contributed by atoms with E-state index in [1.165, 1.54) is 4.90 Å². The summed E-state index contributed by atoms with van der Waals surface area (Å²) in [6.07, 6.45) is 3.35. The Morgan fingerprint density at radius 2 is 1.69 bits per heavy atom. The Labute approximate surface area is 158 Å². The van der Waals surface area contributed by atoms with Gasteiger partial charge in [-0.2, -0.15) is 0 Å². The molecule has 2 aliphatic heterocycles. The van der Waals surface area contributed by atoms with Crippen molar-refractivity contribution in [3.8, 4) is 0 Å². The topological polar surface area (TPSA) is 57.7 Å². The lowest BCUT2D eigenvalue weighted by Gasteiger charge is -2.27. The van der Waals surface area contributed by atoms with Crippen LogP contribution in [0.3, 0.4) is 0 Å². The van der Waals surface area contributed by atoms with Gasteiger partial charge in [0.25, 0.3) is 0 Å². The molecule has 5 nitrogen and oxygen atoms in total. The van der Waals surface area contributed by atoms with E-state index >= 15 is 0 Å². The summed E-state index contributed by atoms with van der Waals surface area (Å²) >= 11 is 0. The summed E-state index contributed by atoms with van der Waals surface area (Å²) in [5, 5.41) is 0. The number of amides is 3. The van der Waals surface area contributed by atoms with Crippen molar-refractivity contribution in [3.63, 3.8) is 0 Å². The summed E-state index contributed by atoms with van der Waals surface area (Å²) < 4.78 is 0. The molecule has 0 aromatic heterocycles. The van der Waals surface area contributed by atoms with Crippen LogP contribution in [0.1, 0.15) is 73.6 Å². The second kappa shape index (κ2) is 7.69. The molecular formula is C21H36N2O3. The molecule has 2 atom stereocenters. The molecule has 26 heavy (non-hydrogen) atoms. The number of likely N-dealkylation sites (tertiary alicyclic amines) is 2. The molecule has 2 saturated heterocycles. The molecule has 2 fully saturated rings. The van der Waals surface area contributed by atoms with Crippen LogP contribution in [0.15, 0.2) is 0 Å². The normalized spacial score (nSPS) is 24.7. The van der Waals surface area contributed by atoms with E-state index in [1.54, 1.807) is 0 Å². The Balaban J connectivity index is 1.73. The molecule has 0 spiro atoms. The third-order valence-corrected chi connectivity index (χ3v) is 6.08. The number of carbonyl (C=O) groups excluding carboxylic acids is 3. The molecule has 0 aromatic rings. The summed E-state index contributed by atoms with van der Waals surface area (Å²) in [7, 11) is 0. The fourth-order valence-electron chi connectivity index (χ4n) is 3.99. The lowest BCUT2D eigenvalue weighted by Crippen LogP contribution is -2.35. The molecule has 0 radical (unpaired) electrons. The average Bonchev–Trinajstić information content (AvgIpc) is 3.09. The maximum atomic E-state index is 12.5. The largest absolute Gasteiger partial charge is 0.342 e. The third kappa shape index (κ3) is 4.86. The van der Waals surface area contributed by atoms with Gasteiger partial charge in [0.15, 0.2) is 0 Å². The second-order valence-corrected chi connectivity index (χ2v) is 10.2. The minimum Gasteiger partial charge on any atom is -0.342 e. The Morgan fingerprint density at radius 3 is 2.19 bits per heavy atom. The molecule has 3 amide bonds. The lowest BCUT2D eigenvalue weighted by atomic mass is 9.80. The maximum Gasteiger partial charge on any atom is 0.233 e. The second-order valence-electron chi connectivity index (χ2n) is 10.2. The molecule has 2 rings (SSSR count). The van der Waals surface area contributed by atoms with E-state index in [2.05, 4.69) is 20.8 Å². The fourth-order valence-corrected chi connectivity index (χ4v) is 3.99. The van der Waals surface area contributed by atoms with Gasteiger partial charge < -0.3 is 4.90 Å². The Bertz CT molecular complexity index is 557. The molecule has 0 aliphatic carbocycles. The number of hydrogen-bond donors (Lipinski definition) is 0. The predicted molar refractivity (Wildman–Crippen MR) is 102 cm³/mol. The van der Waals surface area contributed by atoms with Crippen LogP contribution in [0, 0.1) is 22.7 Å². The highest BCUT2D eigenvalue weighted by molar-refractivity contribution is 6.03. The summed E-state index contributed by atoms with van der Waals surface area (Å²) in [4.78, 5) is 40.4. The van der Waals surface area contributed by atoms with Crippen LogP contribution < -0.4 is 0 Å². The van der Waals surface area contributed by atoms with Gasteiger partial charge in [0.05, 0.1) is 5.92 Å². The van der Waals surface area contributed by atoms with Gasteiger partial charge in [-0.05, 0) is 36.0 Å². The third-order valence-electron chi connectivity index (χ3n) is 6.08. The van der Waals surface area contributed by atoms with Gasteiger partial charge in [0, 0.05) is 32.5 Å². The zero-order valence-electron chi connectivity index (χ0n) is 17.4. The van der Waals surface area contributed by atoms with Crippen molar-refractivity contribution in [2.75, 3.05) is 19.6 Å². The summed E-state index contributed by atoms with van der Waals surface area (Å²) in [6.45, 7) is 14.9. The number of carbonyl (C=O) groups is 3. The van der Waals surface area contributed by atoms with Crippen molar-refractivity contribution < 1.29 is 14.4 Å². The van der Waals surface area contributed by atoms with Gasteiger partial charge in [-0.15, -0.1) is 0 Å². The standard InChI is InChI=1S/C21H36N2O3/c1-20(2,3)15-10-12-22(14-15)17(24)9-7-8-11-23-18(25)13-16(19(23)26)21(4,5)6/h15-16H,7-14H2,1-6H3/t15-,16?/m1/s1. The molecular weight excluding hydrogens is 328 g/mol. The van der Waals surface area contributed by atoms with Gasteiger partial charge in [-0.3, -0.25) is 19.3 Å². The summed E-state index contributed by atoms with van der Waals surface area (Å²) in [5.74, 6) is 0.467. The summed E-state index contributed by atoms with van der Waals surface area (Å²) in [5.41, 5.74) is 0.0614. The lowest BCUT2D eigenvalue weighted by molar-refractivity contribution is -0.140. The van der Waals surface area contributed by atoms with E-state index in [-0.39, 0.29) is 34.5 Å². The number of nitrogens with zero attached hydrogens (tertiary/aromatic N) is 2. The number of hydrogen-bond acceptors (Lipinski definition) is 3. The molecule has 5 heteroatoms. The Morgan fingerprint density at radius 1 is 1.04 bits per heavy atom. The molecule has 0 bridgehead atoms. The number of unbranched alkanes of at least 4 members (excludes halogenated alkanes) is 1. The van der Waals surface area contributed by atoms with Gasteiger partial charge >= 0.3 is 0 Å². The van der Waals surface area contributed by atoms with Crippen LogP contribution in [0.25, 0.3) is 0 Å². The number of rotatable bonds is 5.